The van der Waals surface area contributed by atoms with Crippen molar-refractivity contribution in [1.29, 1.82) is 0 Å². The van der Waals surface area contributed by atoms with Crippen LogP contribution in [0, 0.1) is 23.2 Å². The number of hydrogen-bond donors (Lipinski definition) is 2. The highest BCUT2D eigenvalue weighted by Gasteiger charge is 2.53. The fraction of sp³-hybridized carbons (Fsp3) is 0.824. The minimum absolute atomic E-state index is 0.327. The van der Waals surface area contributed by atoms with Crippen molar-refractivity contribution in [1.82, 2.24) is 15.3 Å². The summed E-state index contributed by atoms with van der Waals surface area (Å²) in [5.74, 6) is 4.17. The maximum atomic E-state index is 4.40. The molecule has 20 heavy (non-hydrogen) atoms. The number of aromatic amines is 1. The quantitative estimate of drug-likeness (QED) is 0.879. The molecule has 1 aromatic rings. The van der Waals surface area contributed by atoms with Crippen molar-refractivity contribution in [2.75, 3.05) is 0 Å². The first-order chi connectivity index (χ1) is 9.64. The predicted octanol–water partition coefficient (Wildman–Crippen LogP) is 3.67. The van der Waals surface area contributed by atoms with Crippen molar-refractivity contribution in [3.8, 4) is 0 Å². The Morgan fingerprint density at radius 3 is 2.25 bits per heavy atom. The van der Waals surface area contributed by atoms with Crippen molar-refractivity contribution >= 4 is 0 Å². The second kappa shape index (κ2) is 4.59. The summed E-state index contributed by atoms with van der Waals surface area (Å²) < 4.78 is 0. The van der Waals surface area contributed by atoms with Crippen LogP contribution in [0.5, 0.6) is 0 Å². The van der Waals surface area contributed by atoms with Gasteiger partial charge in [0.05, 0.1) is 6.04 Å². The van der Waals surface area contributed by atoms with E-state index in [9.17, 15) is 0 Å². The van der Waals surface area contributed by atoms with Crippen molar-refractivity contribution in [2.45, 2.75) is 64.5 Å². The van der Waals surface area contributed by atoms with E-state index in [0.717, 1.165) is 23.6 Å². The van der Waals surface area contributed by atoms with Gasteiger partial charge in [0, 0.05) is 18.4 Å². The molecule has 4 saturated carbocycles. The molecule has 0 radical (unpaired) electrons. The molecule has 4 aliphatic carbocycles. The number of nitrogens with zero attached hydrogens (tertiary/aromatic N) is 1. The SMILES string of the molecule is CC(NC(C)C12CC3CC(CC(C3)C1)C2)c1ncc[nH]1. The Morgan fingerprint density at radius 2 is 1.75 bits per heavy atom. The molecule has 4 fully saturated rings. The van der Waals surface area contributed by atoms with Gasteiger partial charge in [0.25, 0.3) is 0 Å². The second-order valence-corrected chi connectivity index (χ2v) is 7.86. The topological polar surface area (TPSA) is 40.7 Å². The first-order valence-electron chi connectivity index (χ1n) is 8.40. The molecule has 1 heterocycles. The molecule has 4 aliphatic rings. The number of rotatable bonds is 4. The smallest absolute Gasteiger partial charge is 0.122 e. The third kappa shape index (κ3) is 2.02. The molecular weight excluding hydrogens is 246 g/mol. The summed E-state index contributed by atoms with van der Waals surface area (Å²) in [5, 5.41) is 3.85. The number of hydrogen-bond acceptors (Lipinski definition) is 2. The number of imidazole rings is 1. The molecule has 0 aliphatic heterocycles. The summed E-state index contributed by atoms with van der Waals surface area (Å²) >= 11 is 0. The third-order valence-electron chi connectivity index (χ3n) is 6.43. The Labute approximate surface area is 122 Å². The largest absolute Gasteiger partial charge is 0.347 e. The molecule has 2 N–H and O–H groups in total. The van der Waals surface area contributed by atoms with Crippen LogP contribution < -0.4 is 5.32 Å². The van der Waals surface area contributed by atoms with E-state index in [1.54, 1.807) is 0 Å². The molecule has 5 rings (SSSR count). The number of H-pyrrole nitrogens is 1. The van der Waals surface area contributed by atoms with Crippen LogP contribution in [0.4, 0.5) is 0 Å². The highest BCUT2D eigenvalue weighted by atomic mass is 15.0. The lowest BCUT2D eigenvalue weighted by Gasteiger charge is -2.59. The molecule has 2 unspecified atom stereocenters. The summed E-state index contributed by atoms with van der Waals surface area (Å²) in [4.78, 5) is 7.64. The van der Waals surface area contributed by atoms with Gasteiger partial charge in [-0.2, -0.15) is 0 Å². The molecule has 3 heteroatoms. The maximum absolute atomic E-state index is 4.40. The van der Waals surface area contributed by atoms with E-state index >= 15 is 0 Å². The van der Waals surface area contributed by atoms with Crippen LogP contribution >= 0.6 is 0 Å². The van der Waals surface area contributed by atoms with E-state index in [0.29, 0.717) is 17.5 Å². The third-order valence-corrected chi connectivity index (χ3v) is 6.43. The fourth-order valence-corrected chi connectivity index (χ4v) is 5.85. The van der Waals surface area contributed by atoms with Crippen LogP contribution in [-0.4, -0.2) is 16.0 Å². The highest BCUT2D eigenvalue weighted by Crippen LogP contribution is 2.61. The summed E-state index contributed by atoms with van der Waals surface area (Å²) in [5.41, 5.74) is 0.579. The van der Waals surface area contributed by atoms with Crippen molar-refractivity contribution in [3.63, 3.8) is 0 Å². The number of nitrogens with one attached hydrogen (secondary N) is 2. The molecule has 0 spiro atoms. The van der Waals surface area contributed by atoms with E-state index < -0.39 is 0 Å². The lowest BCUT2D eigenvalue weighted by molar-refractivity contribution is -0.0720. The van der Waals surface area contributed by atoms with Gasteiger partial charge in [0.2, 0.25) is 0 Å². The van der Waals surface area contributed by atoms with Gasteiger partial charge in [0.1, 0.15) is 5.82 Å². The van der Waals surface area contributed by atoms with Crippen LogP contribution in [0.1, 0.15) is 64.2 Å². The highest BCUT2D eigenvalue weighted by molar-refractivity contribution is 5.06. The zero-order chi connectivity index (χ0) is 13.7. The Hall–Kier alpha value is -0.830. The van der Waals surface area contributed by atoms with Gasteiger partial charge in [-0.1, -0.05) is 0 Å². The Morgan fingerprint density at radius 1 is 1.15 bits per heavy atom. The fourth-order valence-electron chi connectivity index (χ4n) is 5.85. The molecule has 1 aromatic heterocycles. The van der Waals surface area contributed by atoms with Gasteiger partial charge in [-0.05, 0) is 75.5 Å². The summed E-state index contributed by atoms with van der Waals surface area (Å²) in [7, 11) is 0. The van der Waals surface area contributed by atoms with Crippen LogP contribution in [-0.2, 0) is 0 Å². The molecule has 4 bridgehead atoms. The van der Waals surface area contributed by atoms with Gasteiger partial charge in [0.15, 0.2) is 0 Å². The Bertz CT molecular complexity index is 429. The summed E-state index contributed by atoms with van der Waals surface area (Å²) in [6.07, 6.45) is 12.8. The molecule has 0 aromatic carbocycles. The second-order valence-electron chi connectivity index (χ2n) is 7.86. The van der Waals surface area contributed by atoms with E-state index in [4.69, 9.17) is 0 Å². The summed E-state index contributed by atoms with van der Waals surface area (Å²) in [6, 6.07) is 0.934. The van der Waals surface area contributed by atoms with Gasteiger partial charge in [-0.15, -0.1) is 0 Å². The van der Waals surface area contributed by atoms with Crippen LogP contribution in [0.3, 0.4) is 0 Å². The molecule has 0 amide bonds. The van der Waals surface area contributed by atoms with E-state index in [-0.39, 0.29) is 0 Å². The van der Waals surface area contributed by atoms with E-state index in [2.05, 4.69) is 29.1 Å². The lowest BCUT2D eigenvalue weighted by Crippen LogP contribution is -2.55. The van der Waals surface area contributed by atoms with Gasteiger partial charge in [-0.3, -0.25) is 0 Å². The Balaban J connectivity index is 1.49. The molecule has 0 saturated heterocycles. The lowest BCUT2D eigenvalue weighted by atomic mass is 9.48. The predicted molar refractivity (Wildman–Crippen MR) is 80.2 cm³/mol. The zero-order valence-corrected chi connectivity index (χ0v) is 12.7. The van der Waals surface area contributed by atoms with Crippen molar-refractivity contribution < 1.29 is 0 Å². The van der Waals surface area contributed by atoms with Gasteiger partial charge in [-0.25, -0.2) is 4.98 Å². The molecule has 110 valence electrons. The van der Waals surface area contributed by atoms with Crippen molar-refractivity contribution in [3.05, 3.63) is 18.2 Å². The minimum Gasteiger partial charge on any atom is -0.347 e. The van der Waals surface area contributed by atoms with Crippen LogP contribution in [0.25, 0.3) is 0 Å². The normalized spacial score (nSPS) is 41.8. The van der Waals surface area contributed by atoms with E-state index in [1.807, 2.05) is 12.4 Å². The molecular formula is C17H27N3. The average molecular weight is 273 g/mol. The first kappa shape index (κ1) is 12.9. The zero-order valence-electron chi connectivity index (χ0n) is 12.7. The minimum atomic E-state index is 0.327. The Kier molecular flexibility index (Phi) is 2.95. The molecule has 3 nitrogen and oxygen atoms in total. The molecule has 2 atom stereocenters. The standard InChI is InChI=1S/C17H27N3/c1-11(16-18-3-4-19-16)20-12(2)17-8-13-5-14(9-17)7-15(6-13)10-17/h3-4,11-15,20H,5-10H2,1-2H3,(H,18,19). The summed E-state index contributed by atoms with van der Waals surface area (Å²) in [6.45, 7) is 4.66. The first-order valence-corrected chi connectivity index (χ1v) is 8.40. The monoisotopic (exact) mass is 273 g/mol. The van der Waals surface area contributed by atoms with Gasteiger partial charge < -0.3 is 10.3 Å². The van der Waals surface area contributed by atoms with Gasteiger partial charge >= 0.3 is 0 Å². The van der Waals surface area contributed by atoms with E-state index in [1.165, 1.54) is 38.5 Å². The van der Waals surface area contributed by atoms with Crippen molar-refractivity contribution in [2.24, 2.45) is 23.2 Å². The average Bonchev–Trinajstić information content (AvgIpc) is 2.90. The maximum Gasteiger partial charge on any atom is 0.122 e. The van der Waals surface area contributed by atoms with Crippen LogP contribution in [0.15, 0.2) is 12.4 Å². The van der Waals surface area contributed by atoms with Crippen LogP contribution in [0.2, 0.25) is 0 Å². The number of aromatic nitrogens is 2.